The lowest BCUT2D eigenvalue weighted by Crippen LogP contribution is -2.65. The van der Waals surface area contributed by atoms with Gasteiger partial charge in [0.2, 0.25) is 5.91 Å². The van der Waals surface area contributed by atoms with E-state index >= 15 is 0 Å². The van der Waals surface area contributed by atoms with Crippen LogP contribution in [-0.2, 0) is 23.9 Å². The van der Waals surface area contributed by atoms with Crippen LogP contribution in [0.15, 0.2) is 47.6 Å². The number of Topliss-reactive ketones (excluding diaryl/α,β-unsaturated/α-hetero) is 1. The second-order valence-electron chi connectivity index (χ2n) is 20.2. The Labute approximate surface area is 328 Å². The SMILES string of the molecule is CC(C)C1=C2C3CCC4C5(C)CCC(OC(=O)CC(C)(C)C(=O)O)C(C)(C)C5CCC4(C)C3(C)CCC2(C=CC(=O)NC(C)c2ccc(Cl)cc2)CC1=O. The molecule has 0 heterocycles. The van der Waals surface area contributed by atoms with Gasteiger partial charge in [0.25, 0.3) is 0 Å². The Bertz CT molecular complexity index is 1760. The van der Waals surface area contributed by atoms with Crippen molar-refractivity contribution in [3.05, 3.63) is 58.1 Å². The number of fused-ring (bicyclic) bond motifs is 7. The monoisotopic (exact) mass is 761 g/mol. The lowest BCUT2D eigenvalue weighted by atomic mass is 9.33. The van der Waals surface area contributed by atoms with Gasteiger partial charge in [-0.2, -0.15) is 0 Å². The number of carboxylic acids is 1. The van der Waals surface area contributed by atoms with Crippen molar-refractivity contribution in [3.8, 4) is 0 Å². The lowest BCUT2D eigenvalue weighted by Gasteiger charge is -2.72. The third-order valence-corrected chi connectivity index (χ3v) is 16.4. The number of esters is 1. The summed E-state index contributed by atoms with van der Waals surface area (Å²) in [5.41, 5.74) is 1.54. The molecule has 9 unspecified atom stereocenters. The molecule has 54 heavy (non-hydrogen) atoms. The molecule has 0 radical (unpaired) electrons. The van der Waals surface area contributed by atoms with Crippen molar-refractivity contribution in [2.45, 2.75) is 146 Å². The van der Waals surface area contributed by atoms with Gasteiger partial charge in [-0.25, -0.2) is 0 Å². The summed E-state index contributed by atoms with van der Waals surface area (Å²) in [5, 5.41) is 13.4. The van der Waals surface area contributed by atoms with Crippen molar-refractivity contribution in [1.29, 1.82) is 0 Å². The standard InChI is InChI=1S/C46H64ClNO6/c1-27(2)38-32(49)25-46(22-19-36(50)48-28(3)29-11-13-30(47)14-12-29)24-23-44(9)31(39(38)46)15-16-34-43(8)20-18-35(54-37(51)26-41(4,5)40(52)53)42(6,7)33(43)17-21-45(34,44)10/h11-14,19,22,27-28,31,33-35H,15-18,20-21,23-26H2,1-10H3,(H,48,50)(H,52,53). The van der Waals surface area contributed by atoms with Gasteiger partial charge >= 0.3 is 11.9 Å². The van der Waals surface area contributed by atoms with E-state index in [1.54, 1.807) is 19.9 Å². The number of benzene rings is 1. The molecule has 0 spiro atoms. The van der Waals surface area contributed by atoms with Gasteiger partial charge in [0.1, 0.15) is 6.10 Å². The van der Waals surface area contributed by atoms with Crippen LogP contribution in [0.1, 0.15) is 145 Å². The van der Waals surface area contributed by atoms with E-state index in [0.717, 1.165) is 62.5 Å². The van der Waals surface area contributed by atoms with Crippen molar-refractivity contribution >= 4 is 35.2 Å². The van der Waals surface area contributed by atoms with Crippen molar-refractivity contribution in [2.24, 2.45) is 56.2 Å². The van der Waals surface area contributed by atoms with E-state index in [1.807, 2.05) is 31.2 Å². The number of amides is 1. The highest BCUT2D eigenvalue weighted by Crippen LogP contribution is 2.77. The zero-order chi connectivity index (χ0) is 39.8. The van der Waals surface area contributed by atoms with Gasteiger partial charge in [0.05, 0.1) is 17.9 Å². The van der Waals surface area contributed by atoms with Crippen molar-refractivity contribution < 1.29 is 29.0 Å². The minimum atomic E-state index is -1.17. The van der Waals surface area contributed by atoms with Gasteiger partial charge in [0.15, 0.2) is 5.78 Å². The Morgan fingerprint density at radius 1 is 0.926 bits per heavy atom. The summed E-state index contributed by atoms with van der Waals surface area (Å²) in [5.74, 6) is -0.107. The summed E-state index contributed by atoms with van der Waals surface area (Å²) in [6, 6.07) is 7.35. The van der Waals surface area contributed by atoms with Crippen LogP contribution >= 0.6 is 11.6 Å². The molecule has 6 rings (SSSR count). The van der Waals surface area contributed by atoms with Gasteiger partial charge < -0.3 is 15.2 Å². The van der Waals surface area contributed by atoms with Crippen molar-refractivity contribution in [1.82, 2.24) is 5.32 Å². The molecule has 4 saturated carbocycles. The summed E-state index contributed by atoms with van der Waals surface area (Å²) in [6.07, 6.45) is 11.7. The Hall–Kier alpha value is -2.93. The smallest absolute Gasteiger partial charge is 0.309 e. The van der Waals surface area contributed by atoms with E-state index in [4.69, 9.17) is 16.3 Å². The van der Waals surface area contributed by atoms with Crippen LogP contribution in [-0.4, -0.2) is 34.8 Å². The van der Waals surface area contributed by atoms with Crippen LogP contribution < -0.4 is 5.32 Å². The number of hydrogen-bond acceptors (Lipinski definition) is 5. The summed E-state index contributed by atoms with van der Waals surface area (Å²) in [6.45, 7) is 21.6. The van der Waals surface area contributed by atoms with Gasteiger partial charge in [-0.05, 0) is 147 Å². The maximum absolute atomic E-state index is 14.0. The van der Waals surface area contributed by atoms with Crippen molar-refractivity contribution in [2.75, 3.05) is 0 Å². The molecule has 9 atom stereocenters. The summed E-state index contributed by atoms with van der Waals surface area (Å²) < 4.78 is 6.16. The van der Waals surface area contributed by atoms with Crippen LogP contribution in [0.3, 0.4) is 0 Å². The van der Waals surface area contributed by atoms with E-state index < -0.39 is 22.8 Å². The van der Waals surface area contributed by atoms with E-state index in [-0.39, 0.29) is 63.8 Å². The second-order valence-corrected chi connectivity index (χ2v) is 20.6. The fourth-order valence-electron chi connectivity index (χ4n) is 13.0. The number of allylic oxidation sites excluding steroid dienone is 3. The zero-order valence-corrected chi connectivity index (χ0v) is 35.1. The van der Waals surface area contributed by atoms with E-state index in [1.165, 1.54) is 5.57 Å². The molecule has 0 bridgehead atoms. The average molecular weight is 762 g/mol. The first-order valence-corrected chi connectivity index (χ1v) is 20.9. The number of rotatable bonds is 9. The Balaban J connectivity index is 1.26. The maximum atomic E-state index is 14.0. The number of carbonyl (C=O) groups is 4. The first-order valence-electron chi connectivity index (χ1n) is 20.5. The molecule has 2 N–H and O–H groups in total. The third kappa shape index (κ3) is 6.50. The molecule has 1 aromatic carbocycles. The molecule has 0 aliphatic heterocycles. The van der Waals surface area contributed by atoms with Crippen LogP contribution in [0.2, 0.25) is 5.02 Å². The second kappa shape index (κ2) is 13.9. The van der Waals surface area contributed by atoms with E-state index in [2.05, 4.69) is 59.9 Å². The van der Waals surface area contributed by atoms with Gasteiger partial charge in [0, 0.05) is 22.3 Å². The highest BCUT2D eigenvalue weighted by Gasteiger charge is 2.70. The lowest BCUT2D eigenvalue weighted by molar-refractivity contribution is -0.232. The normalized spacial score (nSPS) is 36.6. The molecular formula is C46H64ClNO6. The van der Waals surface area contributed by atoms with Crippen molar-refractivity contribution in [3.63, 3.8) is 0 Å². The van der Waals surface area contributed by atoms with Crippen LogP contribution in [0.5, 0.6) is 0 Å². The highest BCUT2D eigenvalue weighted by atomic mass is 35.5. The summed E-state index contributed by atoms with van der Waals surface area (Å²) in [7, 11) is 0. The number of carboxylic acid groups (broad SMARTS) is 1. The molecule has 1 amide bonds. The number of ketones is 1. The van der Waals surface area contributed by atoms with Crippen LogP contribution in [0, 0.1) is 56.2 Å². The van der Waals surface area contributed by atoms with Crippen LogP contribution in [0.25, 0.3) is 0 Å². The number of carbonyl (C=O) groups excluding carboxylic acids is 3. The van der Waals surface area contributed by atoms with Gasteiger partial charge in [-0.15, -0.1) is 0 Å². The first kappa shape index (κ1) is 40.7. The van der Waals surface area contributed by atoms with Crippen LogP contribution in [0.4, 0.5) is 0 Å². The van der Waals surface area contributed by atoms with Gasteiger partial charge in [-0.1, -0.05) is 78.3 Å². The molecule has 296 valence electrons. The molecule has 0 saturated heterocycles. The Morgan fingerprint density at radius 2 is 1.59 bits per heavy atom. The Kier molecular flexibility index (Phi) is 10.5. The molecule has 5 aliphatic rings. The number of halogens is 1. The van der Waals surface area contributed by atoms with Gasteiger partial charge in [-0.3, -0.25) is 19.2 Å². The summed E-state index contributed by atoms with van der Waals surface area (Å²) >= 11 is 6.09. The topological polar surface area (TPSA) is 110 Å². The number of hydrogen-bond donors (Lipinski definition) is 2. The average Bonchev–Trinajstić information content (AvgIpc) is 3.37. The molecule has 1 aromatic rings. The molecule has 4 fully saturated rings. The van der Waals surface area contributed by atoms with E-state index in [0.29, 0.717) is 23.3 Å². The maximum Gasteiger partial charge on any atom is 0.309 e. The molecule has 8 heteroatoms. The zero-order valence-electron chi connectivity index (χ0n) is 34.4. The molecule has 5 aliphatic carbocycles. The number of ether oxygens (including phenoxy) is 1. The largest absolute Gasteiger partial charge is 0.481 e. The quantitative estimate of drug-likeness (QED) is 0.192. The highest BCUT2D eigenvalue weighted by molar-refractivity contribution is 6.30. The predicted molar refractivity (Wildman–Crippen MR) is 212 cm³/mol. The molecule has 7 nitrogen and oxygen atoms in total. The fraction of sp³-hybridized carbons (Fsp3) is 0.696. The summed E-state index contributed by atoms with van der Waals surface area (Å²) in [4.78, 5) is 52.3. The Morgan fingerprint density at radius 3 is 2.22 bits per heavy atom. The fourth-order valence-corrected chi connectivity index (χ4v) is 13.1. The number of nitrogens with one attached hydrogen (secondary N) is 1. The minimum Gasteiger partial charge on any atom is -0.481 e. The predicted octanol–water partition coefficient (Wildman–Crippen LogP) is 10.5. The molecule has 0 aromatic heterocycles. The van der Waals surface area contributed by atoms with E-state index in [9.17, 15) is 24.3 Å². The number of aliphatic carboxylic acids is 1. The minimum absolute atomic E-state index is 0.0114. The third-order valence-electron chi connectivity index (χ3n) is 16.1. The molecular weight excluding hydrogens is 698 g/mol. The first-order chi connectivity index (χ1) is 25.0.